The van der Waals surface area contributed by atoms with Crippen LogP contribution in [0.15, 0.2) is 34.7 Å². The van der Waals surface area contributed by atoms with E-state index < -0.39 is 10.0 Å². The van der Waals surface area contributed by atoms with Crippen LogP contribution in [-0.2, 0) is 14.8 Å². The number of benzene rings is 1. The largest absolute Gasteiger partial charge is 0.322 e. The molecule has 0 heterocycles. The number of rotatable bonds is 4. The normalized spacial score (nSPS) is 15.8. The van der Waals surface area contributed by atoms with Gasteiger partial charge in [0.15, 0.2) is 0 Å². The number of nitrogens with one attached hydrogen (secondary N) is 2. The number of carbonyl (C=O) groups excluding carboxylic acids is 1. The lowest BCUT2D eigenvalue weighted by molar-refractivity contribution is -0.113. The van der Waals surface area contributed by atoms with E-state index in [0.29, 0.717) is 5.69 Å². The van der Waals surface area contributed by atoms with Crippen LogP contribution in [0.1, 0.15) is 37.7 Å². The first-order valence-electron chi connectivity index (χ1n) is 7.48. The van der Waals surface area contributed by atoms with Crippen molar-refractivity contribution in [1.82, 2.24) is 4.72 Å². The molecule has 2 rings (SSSR count). The average Bonchev–Trinajstić information content (AvgIpc) is 2.78. The first-order valence-corrected chi connectivity index (χ1v) is 8.97. The van der Waals surface area contributed by atoms with Gasteiger partial charge in [-0.25, -0.2) is 13.1 Å². The standard InChI is InChI=1S/C16H22N2O3S/c1-12-9-10-14(22(20,21)17-2)11-15(12)18-16(19)13-7-5-3-4-6-8-13/h7,9-11,17H,3-6,8H2,1-2H3,(H,18,19). The van der Waals surface area contributed by atoms with Crippen molar-refractivity contribution in [2.24, 2.45) is 0 Å². The summed E-state index contributed by atoms with van der Waals surface area (Å²) < 4.78 is 26.0. The highest BCUT2D eigenvalue weighted by molar-refractivity contribution is 7.89. The molecule has 6 heteroatoms. The second-order valence-corrected chi connectivity index (χ2v) is 7.35. The Balaban J connectivity index is 2.23. The predicted octanol–water partition coefficient (Wildman–Crippen LogP) is 2.73. The van der Waals surface area contributed by atoms with E-state index in [1.54, 1.807) is 6.07 Å². The van der Waals surface area contributed by atoms with E-state index in [0.717, 1.165) is 43.2 Å². The molecule has 0 aliphatic heterocycles. The molecular formula is C16H22N2O3S. The van der Waals surface area contributed by atoms with E-state index in [-0.39, 0.29) is 10.8 Å². The minimum absolute atomic E-state index is 0.135. The van der Waals surface area contributed by atoms with Crippen molar-refractivity contribution in [1.29, 1.82) is 0 Å². The smallest absolute Gasteiger partial charge is 0.251 e. The minimum Gasteiger partial charge on any atom is -0.322 e. The maximum absolute atomic E-state index is 12.4. The van der Waals surface area contributed by atoms with Gasteiger partial charge in [-0.05, 0) is 57.4 Å². The van der Waals surface area contributed by atoms with E-state index in [1.165, 1.54) is 19.2 Å². The van der Waals surface area contributed by atoms with Crippen molar-refractivity contribution in [3.8, 4) is 0 Å². The lowest BCUT2D eigenvalue weighted by atomic mass is 10.1. The first-order chi connectivity index (χ1) is 10.4. The molecule has 5 nitrogen and oxygen atoms in total. The Morgan fingerprint density at radius 3 is 2.68 bits per heavy atom. The Bertz CT molecular complexity index is 693. The number of aryl methyl sites for hydroxylation is 1. The van der Waals surface area contributed by atoms with Crippen molar-refractivity contribution in [3.05, 3.63) is 35.4 Å². The van der Waals surface area contributed by atoms with Crippen LogP contribution in [0.3, 0.4) is 0 Å². The molecule has 22 heavy (non-hydrogen) atoms. The summed E-state index contributed by atoms with van der Waals surface area (Å²) in [6, 6.07) is 4.72. The highest BCUT2D eigenvalue weighted by Crippen LogP contribution is 2.23. The van der Waals surface area contributed by atoms with Crippen LogP contribution in [0, 0.1) is 6.92 Å². The molecule has 0 unspecified atom stereocenters. The summed E-state index contributed by atoms with van der Waals surface area (Å²) in [7, 11) is -2.15. The number of amides is 1. The van der Waals surface area contributed by atoms with Gasteiger partial charge in [0.1, 0.15) is 0 Å². The van der Waals surface area contributed by atoms with E-state index in [4.69, 9.17) is 0 Å². The molecule has 0 bridgehead atoms. The molecule has 0 spiro atoms. The van der Waals surface area contributed by atoms with Gasteiger partial charge in [0.25, 0.3) is 5.91 Å². The van der Waals surface area contributed by atoms with Crippen molar-refractivity contribution >= 4 is 21.6 Å². The zero-order valence-corrected chi connectivity index (χ0v) is 13.8. The highest BCUT2D eigenvalue weighted by Gasteiger charge is 2.16. The molecule has 1 aliphatic carbocycles. The van der Waals surface area contributed by atoms with Gasteiger partial charge in [-0.2, -0.15) is 0 Å². The Labute approximate surface area is 131 Å². The fraction of sp³-hybridized carbons (Fsp3) is 0.438. The van der Waals surface area contributed by atoms with Crippen LogP contribution in [0.2, 0.25) is 0 Å². The van der Waals surface area contributed by atoms with Crippen LogP contribution in [-0.4, -0.2) is 21.4 Å². The summed E-state index contributed by atoms with van der Waals surface area (Å²) in [5, 5.41) is 2.84. The van der Waals surface area contributed by atoms with Gasteiger partial charge >= 0.3 is 0 Å². The molecule has 0 saturated heterocycles. The molecule has 1 aromatic rings. The SMILES string of the molecule is CNS(=O)(=O)c1ccc(C)c(NC(=O)C2=CCCCCC2)c1. The zero-order valence-electron chi connectivity index (χ0n) is 13.0. The van der Waals surface area contributed by atoms with Crippen LogP contribution >= 0.6 is 0 Å². The fourth-order valence-corrected chi connectivity index (χ4v) is 3.20. The second kappa shape index (κ2) is 7.07. The van der Waals surface area contributed by atoms with Gasteiger partial charge in [-0.1, -0.05) is 18.6 Å². The molecule has 1 aliphatic rings. The quantitative estimate of drug-likeness (QED) is 0.895. The van der Waals surface area contributed by atoms with Crippen molar-refractivity contribution < 1.29 is 13.2 Å². The van der Waals surface area contributed by atoms with Gasteiger partial charge < -0.3 is 5.32 Å². The monoisotopic (exact) mass is 322 g/mol. The van der Waals surface area contributed by atoms with Crippen LogP contribution in [0.5, 0.6) is 0 Å². The maximum Gasteiger partial charge on any atom is 0.251 e. The fourth-order valence-electron chi connectivity index (χ4n) is 2.44. The topological polar surface area (TPSA) is 75.3 Å². The molecule has 120 valence electrons. The number of anilines is 1. The minimum atomic E-state index is -3.52. The Morgan fingerprint density at radius 2 is 1.95 bits per heavy atom. The number of carbonyl (C=O) groups is 1. The summed E-state index contributed by atoms with van der Waals surface area (Å²) in [5.74, 6) is -0.135. The van der Waals surface area contributed by atoms with Gasteiger partial charge in [-0.3, -0.25) is 4.79 Å². The third-order valence-corrected chi connectivity index (χ3v) is 5.28. The highest BCUT2D eigenvalue weighted by atomic mass is 32.2. The second-order valence-electron chi connectivity index (χ2n) is 5.47. The molecule has 0 aromatic heterocycles. The Kier molecular flexibility index (Phi) is 5.37. The van der Waals surface area contributed by atoms with E-state index >= 15 is 0 Å². The Hall–Kier alpha value is -1.66. The van der Waals surface area contributed by atoms with Crippen LogP contribution in [0.25, 0.3) is 0 Å². The summed E-state index contributed by atoms with van der Waals surface area (Å²) in [5.41, 5.74) is 2.16. The predicted molar refractivity (Wildman–Crippen MR) is 87.2 cm³/mol. The van der Waals surface area contributed by atoms with Crippen LogP contribution < -0.4 is 10.0 Å². The maximum atomic E-state index is 12.4. The third-order valence-electron chi connectivity index (χ3n) is 3.87. The van der Waals surface area contributed by atoms with Gasteiger partial charge in [0, 0.05) is 11.3 Å². The van der Waals surface area contributed by atoms with Gasteiger partial charge in [-0.15, -0.1) is 0 Å². The Morgan fingerprint density at radius 1 is 1.18 bits per heavy atom. The lowest BCUT2D eigenvalue weighted by Crippen LogP contribution is -2.20. The molecule has 0 atom stereocenters. The summed E-state index contributed by atoms with van der Waals surface area (Å²) in [6.07, 6.45) is 6.97. The van der Waals surface area contributed by atoms with Crippen molar-refractivity contribution in [2.75, 3.05) is 12.4 Å². The molecule has 0 saturated carbocycles. The number of allylic oxidation sites excluding steroid dienone is 1. The summed E-state index contributed by atoms with van der Waals surface area (Å²) >= 11 is 0. The molecule has 1 amide bonds. The van der Waals surface area contributed by atoms with Gasteiger partial charge in [0.2, 0.25) is 10.0 Å². The van der Waals surface area contributed by atoms with Crippen molar-refractivity contribution in [2.45, 2.75) is 43.9 Å². The molecular weight excluding hydrogens is 300 g/mol. The lowest BCUT2D eigenvalue weighted by Gasteiger charge is -2.12. The number of hydrogen-bond donors (Lipinski definition) is 2. The third kappa shape index (κ3) is 3.96. The van der Waals surface area contributed by atoms with Crippen molar-refractivity contribution in [3.63, 3.8) is 0 Å². The summed E-state index contributed by atoms with van der Waals surface area (Å²) in [4.78, 5) is 12.5. The van der Waals surface area contributed by atoms with E-state index in [2.05, 4.69) is 10.0 Å². The van der Waals surface area contributed by atoms with Gasteiger partial charge in [0.05, 0.1) is 4.90 Å². The zero-order chi connectivity index (χ0) is 16.2. The van der Waals surface area contributed by atoms with Crippen LogP contribution in [0.4, 0.5) is 5.69 Å². The average molecular weight is 322 g/mol. The number of sulfonamides is 1. The van der Waals surface area contributed by atoms with E-state index in [9.17, 15) is 13.2 Å². The molecule has 0 fully saturated rings. The van der Waals surface area contributed by atoms with E-state index in [1.807, 2.05) is 13.0 Å². The number of hydrogen-bond acceptors (Lipinski definition) is 3. The molecule has 2 N–H and O–H groups in total. The first kappa shape index (κ1) is 16.7. The molecule has 1 aromatic carbocycles. The molecule has 0 radical (unpaired) electrons. The summed E-state index contributed by atoms with van der Waals surface area (Å²) in [6.45, 7) is 1.84.